The minimum atomic E-state index is -0.496. The predicted octanol–water partition coefficient (Wildman–Crippen LogP) is 1.92. The van der Waals surface area contributed by atoms with Crippen molar-refractivity contribution >= 4 is 5.91 Å². The zero-order chi connectivity index (χ0) is 15.1. The normalized spacial score (nSPS) is 10.0. The van der Waals surface area contributed by atoms with E-state index in [1.165, 1.54) is 19.2 Å². The standard InChI is InChI=1S/C15H15FN2O3/c1-20-15-7-6-11(9-18-15)8-17-14(19)10-21-13-5-3-2-4-12(13)16/h2-7,9H,8,10H2,1H3,(H,17,19). The number of hydrogen-bond donors (Lipinski definition) is 1. The van der Waals surface area contributed by atoms with Crippen molar-refractivity contribution in [2.24, 2.45) is 0 Å². The van der Waals surface area contributed by atoms with Crippen LogP contribution in [0.25, 0.3) is 0 Å². The highest BCUT2D eigenvalue weighted by atomic mass is 19.1. The van der Waals surface area contributed by atoms with E-state index in [4.69, 9.17) is 9.47 Å². The number of hydrogen-bond acceptors (Lipinski definition) is 4. The molecule has 1 aromatic carbocycles. The molecular formula is C15H15FN2O3. The Labute approximate surface area is 121 Å². The van der Waals surface area contributed by atoms with E-state index in [0.29, 0.717) is 12.4 Å². The van der Waals surface area contributed by atoms with Gasteiger partial charge in [0.15, 0.2) is 18.2 Å². The SMILES string of the molecule is COc1ccc(CNC(=O)COc2ccccc2F)cn1. The molecule has 0 saturated heterocycles. The van der Waals surface area contributed by atoms with E-state index in [9.17, 15) is 9.18 Å². The molecule has 0 atom stereocenters. The largest absolute Gasteiger partial charge is 0.481 e. The number of nitrogens with zero attached hydrogens (tertiary/aromatic N) is 1. The first-order valence-electron chi connectivity index (χ1n) is 6.32. The third kappa shape index (κ3) is 4.45. The maximum Gasteiger partial charge on any atom is 0.258 e. The summed E-state index contributed by atoms with van der Waals surface area (Å²) in [5.74, 6) is -0.273. The Balaban J connectivity index is 1.78. The Morgan fingerprint density at radius 2 is 2.10 bits per heavy atom. The number of carbonyl (C=O) groups excluding carboxylic acids is 1. The van der Waals surface area contributed by atoms with Crippen LogP contribution in [0.4, 0.5) is 4.39 Å². The van der Waals surface area contributed by atoms with E-state index in [0.717, 1.165) is 5.56 Å². The number of aromatic nitrogens is 1. The average molecular weight is 290 g/mol. The molecule has 6 heteroatoms. The van der Waals surface area contributed by atoms with Gasteiger partial charge in [0.1, 0.15) is 0 Å². The van der Waals surface area contributed by atoms with Crippen molar-refractivity contribution in [2.45, 2.75) is 6.54 Å². The first kappa shape index (κ1) is 14.8. The molecule has 0 aliphatic carbocycles. The number of ether oxygens (including phenoxy) is 2. The molecule has 5 nitrogen and oxygen atoms in total. The average Bonchev–Trinajstić information content (AvgIpc) is 2.52. The number of pyridine rings is 1. The Morgan fingerprint density at radius 3 is 2.76 bits per heavy atom. The lowest BCUT2D eigenvalue weighted by molar-refractivity contribution is -0.123. The van der Waals surface area contributed by atoms with Crippen LogP contribution in [0.2, 0.25) is 0 Å². The van der Waals surface area contributed by atoms with E-state index in [-0.39, 0.29) is 18.3 Å². The van der Waals surface area contributed by atoms with Crippen LogP contribution in [0.5, 0.6) is 11.6 Å². The number of amides is 1. The van der Waals surface area contributed by atoms with Crippen molar-refractivity contribution in [3.05, 3.63) is 54.0 Å². The van der Waals surface area contributed by atoms with Gasteiger partial charge in [0.2, 0.25) is 5.88 Å². The summed E-state index contributed by atoms with van der Waals surface area (Å²) in [7, 11) is 1.53. The highest BCUT2D eigenvalue weighted by molar-refractivity contribution is 5.77. The lowest BCUT2D eigenvalue weighted by Gasteiger charge is -2.08. The molecule has 0 aliphatic rings. The Bertz CT molecular complexity index is 602. The summed E-state index contributed by atoms with van der Waals surface area (Å²) >= 11 is 0. The van der Waals surface area contributed by atoms with Crippen LogP contribution < -0.4 is 14.8 Å². The van der Waals surface area contributed by atoms with E-state index in [1.54, 1.807) is 30.5 Å². The molecule has 0 unspecified atom stereocenters. The van der Waals surface area contributed by atoms with Crippen LogP contribution in [0.3, 0.4) is 0 Å². The summed E-state index contributed by atoms with van der Waals surface area (Å²) in [4.78, 5) is 15.6. The monoisotopic (exact) mass is 290 g/mol. The number of benzene rings is 1. The molecule has 0 spiro atoms. The minimum absolute atomic E-state index is 0.0544. The van der Waals surface area contributed by atoms with Crippen molar-refractivity contribution in [2.75, 3.05) is 13.7 Å². The molecule has 1 heterocycles. The van der Waals surface area contributed by atoms with Crippen LogP contribution in [0, 0.1) is 5.82 Å². The van der Waals surface area contributed by atoms with Crippen molar-refractivity contribution in [1.29, 1.82) is 0 Å². The summed E-state index contributed by atoms with van der Waals surface area (Å²) < 4.78 is 23.3. The summed E-state index contributed by atoms with van der Waals surface area (Å²) in [5.41, 5.74) is 0.829. The van der Waals surface area contributed by atoms with Gasteiger partial charge in [-0.1, -0.05) is 18.2 Å². The fourth-order valence-electron chi connectivity index (χ4n) is 1.59. The number of methoxy groups -OCH3 is 1. The Hall–Kier alpha value is -2.63. The molecule has 2 aromatic rings. The second kappa shape index (κ2) is 7.23. The van der Waals surface area contributed by atoms with Crippen LogP contribution in [-0.4, -0.2) is 24.6 Å². The van der Waals surface area contributed by atoms with Crippen molar-refractivity contribution in [3.8, 4) is 11.6 Å². The Morgan fingerprint density at radius 1 is 1.29 bits per heavy atom. The molecule has 21 heavy (non-hydrogen) atoms. The molecule has 1 amide bonds. The lowest BCUT2D eigenvalue weighted by Crippen LogP contribution is -2.28. The van der Waals surface area contributed by atoms with Gasteiger partial charge in [-0.25, -0.2) is 9.37 Å². The van der Waals surface area contributed by atoms with Crippen molar-refractivity contribution in [1.82, 2.24) is 10.3 Å². The minimum Gasteiger partial charge on any atom is -0.481 e. The summed E-state index contributed by atoms with van der Waals surface area (Å²) in [5, 5.41) is 2.66. The second-order valence-corrected chi connectivity index (χ2v) is 4.20. The van der Waals surface area contributed by atoms with E-state index in [2.05, 4.69) is 10.3 Å². The molecular weight excluding hydrogens is 275 g/mol. The third-order valence-electron chi connectivity index (χ3n) is 2.69. The number of rotatable bonds is 6. The summed E-state index contributed by atoms with van der Waals surface area (Å²) in [6, 6.07) is 9.44. The highest BCUT2D eigenvalue weighted by Gasteiger charge is 2.06. The zero-order valence-electron chi connectivity index (χ0n) is 11.5. The van der Waals surface area contributed by atoms with Gasteiger partial charge in [0.05, 0.1) is 7.11 Å². The van der Waals surface area contributed by atoms with Gasteiger partial charge in [-0.15, -0.1) is 0 Å². The maximum absolute atomic E-state index is 13.3. The smallest absolute Gasteiger partial charge is 0.258 e. The lowest BCUT2D eigenvalue weighted by atomic mass is 10.3. The van der Waals surface area contributed by atoms with Gasteiger partial charge in [-0.2, -0.15) is 0 Å². The summed E-state index contributed by atoms with van der Waals surface area (Å²) in [6.45, 7) is 0.0704. The van der Waals surface area contributed by atoms with Gasteiger partial charge in [0.25, 0.3) is 5.91 Å². The van der Waals surface area contributed by atoms with E-state index in [1.807, 2.05) is 0 Å². The van der Waals surface area contributed by atoms with Gasteiger partial charge in [0, 0.05) is 18.8 Å². The highest BCUT2D eigenvalue weighted by Crippen LogP contribution is 2.14. The van der Waals surface area contributed by atoms with Gasteiger partial charge < -0.3 is 14.8 Å². The van der Waals surface area contributed by atoms with Gasteiger partial charge in [-0.05, 0) is 17.7 Å². The number of carbonyl (C=O) groups is 1. The van der Waals surface area contributed by atoms with Crippen molar-refractivity contribution in [3.63, 3.8) is 0 Å². The molecule has 1 N–H and O–H groups in total. The Kier molecular flexibility index (Phi) is 5.09. The third-order valence-corrected chi connectivity index (χ3v) is 2.69. The topological polar surface area (TPSA) is 60.5 Å². The molecule has 0 bridgehead atoms. The van der Waals surface area contributed by atoms with Gasteiger partial charge in [-0.3, -0.25) is 4.79 Å². The van der Waals surface area contributed by atoms with Crippen molar-refractivity contribution < 1.29 is 18.7 Å². The predicted molar refractivity (Wildman–Crippen MR) is 74.5 cm³/mol. The molecule has 2 rings (SSSR count). The zero-order valence-corrected chi connectivity index (χ0v) is 11.5. The van der Waals surface area contributed by atoms with E-state index >= 15 is 0 Å². The molecule has 0 radical (unpaired) electrons. The molecule has 110 valence electrons. The fourth-order valence-corrected chi connectivity index (χ4v) is 1.59. The first-order valence-corrected chi connectivity index (χ1v) is 6.32. The first-order chi connectivity index (χ1) is 10.2. The quantitative estimate of drug-likeness (QED) is 0.883. The van der Waals surface area contributed by atoms with Crippen LogP contribution in [-0.2, 0) is 11.3 Å². The van der Waals surface area contributed by atoms with Crippen LogP contribution in [0.1, 0.15) is 5.56 Å². The van der Waals surface area contributed by atoms with Gasteiger partial charge >= 0.3 is 0 Å². The van der Waals surface area contributed by atoms with Crippen LogP contribution >= 0.6 is 0 Å². The maximum atomic E-state index is 13.3. The summed E-state index contributed by atoms with van der Waals surface area (Å²) in [6.07, 6.45) is 1.61. The molecule has 1 aromatic heterocycles. The van der Waals surface area contributed by atoms with E-state index < -0.39 is 5.82 Å². The fraction of sp³-hybridized carbons (Fsp3) is 0.200. The molecule has 0 fully saturated rings. The molecule has 0 saturated carbocycles. The number of para-hydroxylation sites is 1. The molecule has 0 aliphatic heterocycles. The number of nitrogens with one attached hydrogen (secondary N) is 1. The second-order valence-electron chi connectivity index (χ2n) is 4.20. The number of halogens is 1. The van der Waals surface area contributed by atoms with Crippen LogP contribution in [0.15, 0.2) is 42.6 Å².